The van der Waals surface area contributed by atoms with E-state index in [2.05, 4.69) is 20.8 Å². The van der Waals surface area contributed by atoms with Gasteiger partial charge in [0.25, 0.3) is 0 Å². The Morgan fingerprint density at radius 2 is 1.59 bits per heavy atom. The molecule has 0 aliphatic heterocycles. The molecule has 0 bridgehead atoms. The summed E-state index contributed by atoms with van der Waals surface area (Å²) in [7, 11) is 1.79. The first-order chi connectivity index (χ1) is 7.92. The number of aliphatic hydroxyl groups is 1. The van der Waals surface area contributed by atoms with E-state index in [1.54, 1.807) is 7.11 Å². The highest BCUT2D eigenvalue weighted by atomic mass is 16.5. The molecule has 0 aromatic heterocycles. The average molecular weight is 240 g/mol. The second kappa shape index (κ2) is 4.24. The second-order valence-electron chi connectivity index (χ2n) is 6.69. The van der Waals surface area contributed by atoms with E-state index in [0.29, 0.717) is 5.92 Å². The van der Waals surface area contributed by atoms with Crippen molar-refractivity contribution >= 4 is 0 Å². The molecule has 0 spiro atoms. The third-order valence-electron chi connectivity index (χ3n) is 6.01. The lowest BCUT2D eigenvalue weighted by molar-refractivity contribution is -0.274. The number of fused-ring (bicyclic) bond motifs is 1. The number of hydrogen-bond donors (Lipinski definition) is 1. The highest BCUT2D eigenvalue weighted by Crippen LogP contribution is 2.59. The highest BCUT2D eigenvalue weighted by Gasteiger charge is 2.64. The van der Waals surface area contributed by atoms with Crippen molar-refractivity contribution < 1.29 is 9.84 Å². The second-order valence-corrected chi connectivity index (χ2v) is 6.69. The van der Waals surface area contributed by atoms with E-state index in [1.165, 1.54) is 12.8 Å². The van der Waals surface area contributed by atoms with Crippen LogP contribution in [-0.4, -0.2) is 23.4 Å². The summed E-state index contributed by atoms with van der Waals surface area (Å²) in [5.41, 5.74) is -0.899. The van der Waals surface area contributed by atoms with Gasteiger partial charge in [-0.25, -0.2) is 0 Å². The highest BCUT2D eigenvalue weighted by molar-refractivity contribution is 5.15. The Morgan fingerprint density at radius 3 is 2.18 bits per heavy atom. The predicted molar refractivity (Wildman–Crippen MR) is 70.0 cm³/mol. The molecule has 0 saturated heterocycles. The van der Waals surface area contributed by atoms with Gasteiger partial charge in [-0.05, 0) is 38.0 Å². The SMILES string of the molecule is COC12CCCCC1(O)C(C)(C(C)C)CCC2. The zero-order chi connectivity index (χ0) is 12.7. The van der Waals surface area contributed by atoms with Crippen molar-refractivity contribution in [3.8, 4) is 0 Å². The first kappa shape index (κ1) is 13.4. The maximum atomic E-state index is 11.4. The fourth-order valence-electron chi connectivity index (χ4n) is 4.45. The predicted octanol–water partition coefficient (Wildman–Crippen LogP) is 3.52. The Labute approximate surface area is 106 Å². The normalized spacial score (nSPS) is 46.9. The summed E-state index contributed by atoms with van der Waals surface area (Å²) in [6.45, 7) is 6.77. The largest absolute Gasteiger partial charge is 0.386 e. The van der Waals surface area contributed by atoms with Gasteiger partial charge in [-0.2, -0.15) is 0 Å². The molecule has 2 fully saturated rings. The molecular weight excluding hydrogens is 212 g/mol. The smallest absolute Gasteiger partial charge is 0.0991 e. The maximum absolute atomic E-state index is 11.4. The standard InChI is InChI=1S/C15H28O2/c1-12(2)13(3)8-7-10-14(17-4)9-5-6-11-15(13,14)16/h12,16H,5-11H2,1-4H3. The topological polar surface area (TPSA) is 29.5 Å². The lowest BCUT2D eigenvalue weighted by Crippen LogP contribution is -2.68. The number of rotatable bonds is 2. The summed E-state index contributed by atoms with van der Waals surface area (Å²) in [6, 6.07) is 0. The van der Waals surface area contributed by atoms with E-state index in [-0.39, 0.29) is 11.0 Å². The van der Waals surface area contributed by atoms with Crippen LogP contribution in [0.3, 0.4) is 0 Å². The van der Waals surface area contributed by atoms with Crippen molar-refractivity contribution in [2.24, 2.45) is 11.3 Å². The minimum Gasteiger partial charge on any atom is -0.386 e. The molecule has 2 aliphatic carbocycles. The molecule has 0 aromatic rings. The van der Waals surface area contributed by atoms with Crippen molar-refractivity contribution in [1.29, 1.82) is 0 Å². The minimum absolute atomic E-state index is 0.00167. The molecule has 2 saturated carbocycles. The van der Waals surface area contributed by atoms with Crippen LogP contribution in [0, 0.1) is 11.3 Å². The molecule has 17 heavy (non-hydrogen) atoms. The third kappa shape index (κ3) is 1.60. The molecule has 0 amide bonds. The molecule has 0 radical (unpaired) electrons. The molecule has 2 rings (SSSR count). The van der Waals surface area contributed by atoms with Gasteiger partial charge in [-0.1, -0.05) is 33.6 Å². The monoisotopic (exact) mass is 240 g/mol. The van der Waals surface area contributed by atoms with E-state index >= 15 is 0 Å². The average Bonchev–Trinajstić information content (AvgIpc) is 2.30. The fourth-order valence-corrected chi connectivity index (χ4v) is 4.45. The van der Waals surface area contributed by atoms with Crippen molar-refractivity contribution in [2.45, 2.75) is 76.9 Å². The van der Waals surface area contributed by atoms with Crippen LogP contribution in [0.5, 0.6) is 0 Å². The number of ether oxygens (including phenoxy) is 1. The summed E-state index contributed by atoms with van der Waals surface area (Å²) in [5.74, 6) is 0.500. The van der Waals surface area contributed by atoms with Crippen molar-refractivity contribution in [3.63, 3.8) is 0 Å². The Kier molecular flexibility index (Phi) is 3.33. The van der Waals surface area contributed by atoms with Gasteiger partial charge in [-0.3, -0.25) is 0 Å². The Hall–Kier alpha value is -0.0800. The molecule has 100 valence electrons. The quantitative estimate of drug-likeness (QED) is 0.800. The first-order valence-electron chi connectivity index (χ1n) is 7.19. The van der Waals surface area contributed by atoms with E-state index in [4.69, 9.17) is 4.74 Å². The first-order valence-corrected chi connectivity index (χ1v) is 7.19. The third-order valence-corrected chi connectivity index (χ3v) is 6.01. The van der Waals surface area contributed by atoms with Gasteiger partial charge < -0.3 is 9.84 Å². The van der Waals surface area contributed by atoms with Crippen LogP contribution in [0.2, 0.25) is 0 Å². The van der Waals surface area contributed by atoms with Gasteiger partial charge in [0.1, 0.15) is 0 Å². The van der Waals surface area contributed by atoms with Gasteiger partial charge in [0.05, 0.1) is 11.2 Å². The molecule has 0 heterocycles. The summed E-state index contributed by atoms with van der Waals surface area (Å²) in [6.07, 6.45) is 7.63. The van der Waals surface area contributed by atoms with Gasteiger partial charge in [0, 0.05) is 12.5 Å². The van der Waals surface area contributed by atoms with Crippen molar-refractivity contribution in [1.82, 2.24) is 0 Å². The van der Waals surface area contributed by atoms with E-state index < -0.39 is 5.60 Å². The summed E-state index contributed by atoms with van der Waals surface area (Å²) in [5, 5.41) is 11.4. The van der Waals surface area contributed by atoms with Crippen molar-refractivity contribution in [2.75, 3.05) is 7.11 Å². The van der Waals surface area contributed by atoms with Gasteiger partial charge in [0.15, 0.2) is 0 Å². The minimum atomic E-state index is -0.626. The Balaban J connectivity index is 2.44. The molecule has 2 heteroatoms. The number of methoxy groups -OCH3 is 1. The molecule has 1 N–H and O–H groups in total. The lowest BCUT2D eigenvalue weighted by Gasteiger charge is -2.62. The van der Waals surface area contributed by atoms with E-state index in [9.17, 15) is 5.11 Å². The summed E-state index contributed by atoms with van der Waals surface area (Å²) in [4.78, 5) is 0. The zero-order valence-corrected chi connectivity index (χ0v) is 11.9. The van der Waals surface area contributed by atoms with Crippen LogP contribution in [0.25, 0.3) is 0 Å². The van der Waals surface area contributed by atoms with Crippen LogP contribution in [-0.2, 0) is 4.74 Å². The van der Waals surface area contributed by atoms with Crippen LogP contribution in [0.1, 0.15) is 65.7 Å². The summed E-state index contributed by atoms with van der Waals surface area (Å²) < 4.78 is 5.88. The molecule has 0 aromatic carbocycles. The molecule has 2 aliphatic rings. The fraction of sp³-hybridized carbons (Fsp3) is 1.00. The van der Waals surface area contributed by atoms with Gasteiger partial charge in [-0.15, -0.1) is 0 Å². The van der Waals surface area contributed by atoms with Crippen molar-refractivity contribution in [3.05, 3.63) is 0 Å². The number of hydrogen-bond acceptors (Lipinski definition) is 2. The zero-order valence-electron chi connectivity index (χ0n) is 11.9. The maximum Gasteiger partial charge on any atom is 0.0991 e. The molecule has 3 atom stereocenters. The Morgan fingerprint density at radius 1 is 1.00 bits per heavy atom. The van der Waals surface area contributed by atoms with Crippen LogP contribution < -0.4 is 0 Å². The van der Waals surface area contributed by atoms with Gasteiger partial charge >= 0.3 is 0 Å². The lowest BCUT2D eigenvalue weighted by atomic mass is 9.49. The molecular formula is C15H28O2. The molecule has 3 unspecified atom stereocenters. The van der Waals surface area contributed by atoms with Crippen LogP contribution in [0.15, 0.2) is 0 Å². The van der Waals surface area contributed by atoms with Crippen LogP contribution in [0.4, 0.5) is 0 Å². The van der Waals surface area contributed by atoms with E-state index in [1.807, 2.05) is 0 Å². The summed E-state index contributed by atoms with van der Waals surface area (Å²) >= 11 is 0. The van der Waals surface area contributed by atoms with E-state index in [0.717, 1.165) is 32.1 Å². The Bertz CT molecular complexity index is 276. The van der Waals surface area contributed by atoms with Crippen LogP contribution >= 0.6 is 0 Å². The van der Waals surface area contributed by atoms with Gasteiger partial charge in [0.2, 0.25) is 0 Å². The molecule has 2 nitrogen and oxygen atoms in total.